The number of hydrogen-bond acceptors (Lipinski definition) is 5. The van der Waals surface area contributed by atoms with Gasteiger partial charge < -0.3 is 10.4 Å². The first kappa shape index (κ1) is 19.1. The van der Waals surface area contributed by atoms with E-state index in [1.54, 1.807) is 31.2 Å². The predicted molar refractivity (Wildman–Crippen MR) is 112 cm³/mol. The van der Waals surface area contributed by atoms with Crippen molar-refractivity contribution >= 4 is 29.2 Å². The number of aryl methyl sites for hydroxylation is 1. The van der Waals surface area contributed by atoms with Crippen molar-refractivity contribution in [1.29, 1.82) is 0 Å². The first-order valence-corrected chi connectivity index (χ1v) is 8.67. The van der Waals surface area contributed by atoms with Crippen LogP contribution in [0, 0.1) is 6.92 Å². The van der Waals surface area contributed by atoms with Crippen LogP contribution < -0.4 is 22.0 Å². The first-order chi connectivity index (χ1) is 13.5. The number of benzene rings is 2. The Labute approximate surface area is 165 Å². The van der Waals surface area contributed by atoms with Gasteiger partial charge in [0.15, 0.2) is 5.11 Å². The summed E-state index contributed by atoms with van der Waals surface area (Å²) in [5.74, 6) is -0.518. The zero-order chi connectivity index (χ0) is 20.1. The second-order valence-electron chi connectivity index (χ2n) is 5.81. The third kappa shape index (κ3) is 4.15. The maximum atomic E-state index is 12.2. The van der Waals surface area contributed by atoms with Crippen molar-refractivity contribution in [2.45, 2.75) is 6.92 Å². The van der Waals surface area contributed by atoms with E-state index in [1.165, 1.54) is 0 Å². The molecule has 2 aromatic carbocycles. The Bertz CT molecular complexity index is 1150. The van der Waals surface area contributed by atoms with Crippen LogP contribution in [0.15, 0.2) is 69.3 Å². The van der Waals surface area contributed by atoms with Crippen molar-refractivity contribution in [2.75, 3.05) is 5.32 Å². The maximum absolute atomic E-state index is 12.2. The molecule has 0 atom stereocenters. The van der Waals surface area contributed by atoms with Gasteiger partial charge in [-0.2, -0.15) is 5.10 Å². The van der Waals surface area contributed by atoms with Crippen LogP contribution in [0.25, 0.3) is 5.69 Å². The van der Waals surface area contributed by atoms with Crippen molar-refractivity contribution < 1.29 is 5.11 Å². The summed E-state index contributed by atoms with van der Waals surface area (Å²) in [5, 5.41) is 17.5. The van der Waals surface area contributed by atoms with Gasteiger partial charge in [-0.15, -0.1) is 0 Å². The lowest BCUT2D eigenvalue weighted by Crippen LogP contribution is -2.32. The Kier molecular flexibility index (Phi) is 5.66. The van der Waals surface area contributed by atoms with Crippen molar-refractivity contribution in [1.82, 2.24) is 15.0 Å². The number of aromatic amines is 1. The Balaban J connectivity index is 1.86. The smallest absolute Gasteiger partial charge is 0.335 e. The molecule has 3 aromatic rings. The molecule has 0 aliphatic heterocycles. The minimum Gasteiger partial charge on any atom is -0.493 e. The summed E-state index contributed by atoms with van der Waals surface area (Å²) >= 11 is 5.12. The summed E-state index contributed by atoms with van der Waals surface area (Å²) in [4.78, 5) is 26.5. The lowest BCUT2D eigenvalue weighted by Gasteiger charge is -2.12. The average molecular weight is 395 g/mol. The van der Waals surface area contributed by atoms with Gasteiger partial charge in [-0.05, 0) is 42.9 Å². The summed E-state index contributed by atoms with van der Waals surface area (Å²) in [6, 6.07) is 16.2. The fourth-order valence-electron chi connectivity index (χ4n) is 2.53. The molecule has 0 aliphatic rings. The van der Waals surface area contributed by atoms with Crippen LogP contribution in [0.4, 0.5) is 5.69 Å². The summed E-state index contributed by atoms with van der Waals surface area (Å²) < 4.78 is 1.01. The number of nitrogens with zero attached hydrogens (tertiary/aromatic N) is 2. The van der Waals surface area contributed by atoms with E-state index in [0.29, 0.717) is 5.69 Å². The number of nitrogens with one attached hydrogen (secondary N) is 3. The molecule has 9 heteroatoms. The maximum Gasteiger partial charge on any atom is 0.335 e. The van der Waals surface area contributed by atoms with Crippen molar-refractivity contribution in [3.05, 3.63) is 86.6 Å². The molecule has 3 rings (SSSR count). The highest BCUT2D eigenvalue weighted by Crippen LogP contribution is 2.18. The van der Waals surface area contributed by atoms with Crippen LogP contribution in [0.5, 0.6) is 5.88 Å². The van der Waals surface area contributed by atoms with Gasteiger partial charge in [-0.3, -0.25) is 15.2 Å². The van der Waals surface area contributed by atoms with Crippen LogP contribution >= 0.6 is 12.2 Å². The highest BCUT2D eigenvalue weighted by atomic mass is 32.1. The summed E-state index contributed by atoms with van der Waals surface area (Å²) in [6.07, 6.45) is 1.10. The van der Waals surface area contributed by atoms with Crippen LogP contribution in [-0.4, -0.2) is 26.0 Å². The molecule has 0 radical (unpaired) electrons. The number of aromatic hydroxyl groups is 1. The van der Waals surface area contributed by atoms with E-state index in [9.17, 15) is 14.7 Å². The number of aromatic nitrogens is 2. The number of hydrogen-bond donors (Lipinski definition) is 4. The fraction of sp³-hybridized carbons (Fsp3) is 0.0526. The predicted octanol–water partition coefficient (Wildman–Crippen LogP) is 1.86. The van der Waals surface area contributed by atoms with Gasteiger partial charge in [-0.25, -0.2) is 9.36 Å². The molecule has 28 heavy (non-hydrogen) atoms. The molecular formula is C19H17N5O3S. The lowest BCUT2D eigenvalue weighted by atomic mass is 10.2. The summed E-state index contributed by atoms with van der Waals surface area (Å²) in [5.41, 5.74) is 2.83. The molecule has 142 valence electrons. The number of para-hydroxylation sites is 2. The second-order valence-corrected chi connectivity index (χ2v) is 6.22. The molecule has 0 amide bonds. The molecular weight excluding hydrogens is 378 g/mol. The average Bonchev–Trinajstić information content (AvgIpc) is 2.66. The molecule has 0 saturated heterocycles. The second kappa shape index (κ2) is 8.31. The third-order valence-electron chi connectivity index (χ3n) is 3.87. The van der Waals surface area contributed by atoms with Gasteiger partial charge in [0.05, 0.1) is 11.9 Å². The molecule has 1 aromatic heterocycles. The molecule has 8 nitrogen and oxygen atoms in total. The molecule has 0 unspecified atom stereocenters. The minimum atomic E-state index is -0.764. The number of thiocarbonyl (C=S) groups is 1. The van der Waals surface area contributed by atoms with Gasteiger partial charge in [0.1, 0.15) is 5.56 Å². The highest BCUT2D eigenvalue weighted by Gasteiger charge is 2.15. The summed E-state index contributed by atoms with van der Waals surface area (Å²) in [6.45, 7) is 1.79. The van der Waals surface area contributed by atoms with E-state index in [2.05, 4.69) is 20.8 Å². The molecule has 0 saturated carbocycles. The monoisotopic (exact) mass is 395 g/mol. The van der Waals surface area contributed by atoms with E-state index in [-0.39, 0.29) is 10.7 Å². The third-order valence-corrected chi connectivity index (χ3v) is 4.06. The Morgan fingerprint density at radius 3 is 2.54 bits per heavy atom. The van der Waals surface area contributed by atoms with E-state index in [4.69, 9.17) is 12.2 Å². The number of anilines is 1. The molecule has 0 fully saturated rings. The quantitative estimate of drug-likeness (QED) is 0.305. The van der Waals surface area contributed by atoms with Gasteiger partial charge in [0, 0.05) is 5.69 Å². The van der Waals surface area contributed by atoms with E-state index >= 15 is 0 Å². The van der Waals surface area contributed by atoms with Crippen molar-refractivity contribution in [2.24, 2.45) is 5.10 Å². The number of rotatable bonds is 4. The van der Waals surface area contributed by atoms with Gasteiger partial charge >= 0.3 is 5.69 Å². The van der Waals surface area contributed by atoms with Crippen molar-refractivity contribution in [3.8, 4) is 11.6 Å². The lowest BCUT2D eigenvalue weighted by molar-refractivity contribution is 0.430. The van der Waals surface area contributed by atoms with Crippen LogP contribution in [0.2, 0.25) is 0 Å². The van der Waals surface area contributed by atoms with E-state index in [0.717, 1.165) is 22.0 Å². The van der Waals surface area contributed by atoms with Crippen LogP contribution in [-0.2, 0) is 0 Å². The molecule has 0 spiro atoms. The number of hydrazone groups is 1. The van der Waals surface area contributed by atoms with Gasteiger partial charge in [0.25, 0.3) is 5.56 Å². The SMILES string of the molecule is Cc1ccccc1-n1c(O)c(C=NNC(=S)Nc2ccccc2)c(=O)[nH]c1=O. The first-order valence-electron chi connectivity index (χ1n) is 8.27. The zero-order valence-electron chi connectivity index (χ0n) is 14.8. The fourth-order valence-corrected chi connectivity index (χ4v) is 2.70. The molecule has 1 heterocycles. The molecule has 0 bridgehead atoms. The van der Waals surface area contributed by atoms with E-state index < -0.39 is 17.1 Å². The van der Waals surface area contributed by atoms with E-state index in [1.807, 2.05) is 30.3 Å². The van der Waals surface area contributed by atoms with Gasteiger partial charge in [0.2, 0.25) is 5.88 Å². The molecule has 0 aliphatic carbocycles. The standard InChI is InChI=1S/C19H17N5O3S/c1-12-7-5-6-10-15(12)24-17(26)14(16(25)22-19(24)27)11-20-23-18(28)21-13-8-3-2-4-9-13/h2-11,26H,1H3,(H2,21,23,28)(H,22,25,27). The van der Waals surface area contributed by atoms with Crippen LogP contribution in [0.1, 0.15) is 11.1 Å². The summed E-state index contributed by atoms with van der Waals surface area (Å²) in [7, 11) is 0. The van der Waals surface area contributed by atoms with Gasteiger partial charge in [-0.1, -0.05) is 36.4 Å². The Morgan fingerprint density at radius 1 is 1.14 bits per heavy atom. The number of H-pyrrole nitrogens is 1. The minimum absolute atomic E-state index is 0.183. The normalized spacial score (nSPS) is 10.8. The largest absolute Gasteiger partial charge is 0.493 e. The van der Waals surface area contributed by atoms with Crippen molar-refractivity contribution in [3.63, 3.8) is 0 Å². The Morgan fingerprint density at radius 2 is 1.82 bits per heavy atom. The highest BCUT2D eigenvalue weighted by molar-refractivity contribution is 7.80. The molecule has 4 N–H and O–H groups in total. The van der Waals surface area contributed by atoms with Crippen LogP contribution in [0.3, 0.4) is 0 Å². The zero-order valence-corrected chi connectivity index (χ0v) is 15.7. The topological polar surface area (TPSA) is 112 Å². The Hall–Kier alpha value is -3.72.